The zero-order chi connectivity index (χ0) is 13.4. The molecule has 0 aliphatic rings. The van der Waals surface area contributed by atoms with E-state index in [0.29, 0.717) is 0 Å². The molecule has 98 valence electrons. The normalized spacial score (nSPS) is 11.6. The van der Waals surface area contributed by atoms with Crippen LogP contribution in [-0.4, -0.2) is 24.7 Å². The number of aliphatic hydroxyl groups excluding tert-OH is 1. The maximum Gasteiger partial charge on any atom is 0.213 e. The van der Waals surface area contributed by atoms with Gasteiger partial charge in [0.15, 0.2) is 0 Å². The van der Waals surface area contributed by atoms with Crippen molar-refractivity contribution < 1.29 is 5.11 Å². The molecule has 0 saturated heterocycles. The highest BCUT2D eigenvalue weighted by molar-refractivity contribution is 7.19. The number of hydrogen-bond donors (Lipinski definition) is 1. The summed E-state index contributed by atoms with van der Waals surface area (Å²) in [6.45, 7) is 4.08. The first kappa shape index (κ1) is 12.3. The van der Waals surface area contributed by atoms with E-state index in [2.05, 4.69) is 28.9 Å². The highest BCUT2D eigenvalue weighted by atomic mass is 32.1. The van der Waals surface area contributed by atoms with Gasteiger partial charge in [-0.2, -0.15) is 5.10 Å². The number of fused-ring (bicyclic) bond motifs is 1. The summed E-state index contributed by atoms with van der Waals surface area (Å²) in [6, 6.07) is 3.83. The van der Waals surface area contributed by atoms with Crippen molar-refractivity contribution in [1.29, 1.82) is 0 Å². The predicted octanol–water partition coefficient (Wildman–Crippen LogP) is 2.47. The minimum atomic E-state index is -0.0474. The monoisotopic (exact) mass is 274 g/mol. The average molecular weight is 274 g/mol. The van der Waals surface area contributed by atoms with Crippen LogP contribution in [0.25, 0.3) is 15.5 Å². The Hall–Kier alpha value is -1.79. The summed E-state index contributed by atoms with van der Waals surface area (Å²) in [5.41, 5.74) is 2.71. The molecule has 19 heavy (non-hydrogen) atoms. The first-order valence-electron chi connectivity index (χ1n) is 6.10. The van der Waals surface area contributed by atoms with Gasteiger partial charge in [-0.15, -0.1) is 0 Å². The van der Waals surface area contributed by atoms with Crippen LogP contribution in [0, 0.1) is 0 Å². The molecule has 5 nitrogen and oxygen atoms in total. The van der Waals surface area contributed by atoms with E-state index in [1.807, 2.05) is 12.1 Å². The predicted molar refractivity (Wildman–Crippen MR) is 74.1 cm³/mol. The molecular weight excluding hydrogens is 260 g/mol. The Morgan fingerprint density at radius 1 is 1.32 bits per heavy atom. The van der Waals surface area contributed by atoms with Gasteiger partial charge in [-0.05, 0) is 18.1 Å². The van der Waals surface area contributed by atoms with E-state index >= 15 is 0 Å². The summed E-state index contributed by atoms with van der Waals surface area (Å²) >= 11 is 1.52. The Bertz CT molecular complexity index is 702. The second-order valence-electron chi connectivity index (χ2n) is 4.59. The summed E-state index contributed by atoms with van der Waals surface area (Å²) in [5.74, 6) is 0.278. The maximum atomic E-state index is 9.53. The lowest BCUT2D eigenvalue weighted by molar-refractivity contribution is 0.272. The second-order valence-corrected chi connectivity index (χ2v) is 5.55. The number of rotatable bonds is 3. The van der Waals surface area contributed by atoms with Crippen molar-refractivity contribution in [2.75, 3.05) is 0 Å². The minimum absolute atomic E-state index is 0.0474. The van der Waals surface area contributed by atoms with Crippen LogP contribution in [0.3, 0.4) is 0 Å². The van der Waals surface area contributed by atoms with E-state index in [0.717, 1.165) is 26.9 Å². The van der Waals surface area contributed by atoms with Crippen molar-refractivity contribution in [3.05, 3.63) is 35.9 Å². The first-order valence-corrected chi connectivity index (χ1v) is 6.92. The third-order valence-corrected chi connectivity index (χ3v) is 3.91. The Balaban J connectivity index is 2.15. The van der Waals surface area contributed by atoms with Crippen LogP contribution in [0.1, 0.15) is 31.2 Å². The summed E-state index contributed by atoms with van der Waals surface area (Å²) in [5, 5.41) is 15.0. The van der Waals surface area contributed by atoms with Gasteiger partial charge in [0.05, 0.1) is 18.0 Å². The molecule has 0 saturated carbocycles. The molecule has 0 aromatic carbocycles. The van der Waals surface area contributed by atoms with Gasteiger partial charge >= 0.3 is 0 Å². The van der Waals surface area contributed by atoms with Crippen LogP contribution in [0.5, 0.6) is 0 Å². The fourth-order valence-electron chi connectivity index (χ4n) is 2.03. The second kappa shape index (κ2) is 4.71. The Morgan fingerprint density at radius 2 is 2.05 bits per heavy atom. The summed E-state index contributed by atoms with van der Waals surface area (Å²) < 4.78 is 1.75. The molecule has 0 amide bonds. The van der Waals surface area contributed by atoms with Gasteiger partial charge in [0, 0.05) is 18.0 Å². The van der Waals surface area contributed by atoms with Gasteiger partial charge in [0.25, 0.3) is 0 Å². The average Bonchev–Trinajstić information content (AvgIpc) is 2.96. The Labute approximate surface area is 114 Å². The van der Waals surface area contributed by atoms with E-state index in [1.165, 1.54) is 11.3 Å². The smallest absolute Gasteiger partial charge is 0.213 e. The molecule has 1 N–H and O–H groups in total. The molecule has 3 heterocycles. The molecule has 0 fully saturated rings. The van der Waals surface area contributed by atoms with E-state index in [1.54, 1.807) is 16.9 Å². The fourth-order valence-corrected chi connectivity index (χ4v) is 2.96. The van der Waals surface area contributed by atoms with E-state index in [4.69, 9.17) is 0 Å². The lowest BCUT2D eigenvalue weighted by atomic mass is 10.1. The molecule has 0 aliphatic heterocycles. The number of pyridine rings is 1. The fraction of sp³-hybridized carbons (Fsp3) is 0.308. The number of hydrogen-bond acceptors (Lipinski definition) is 5. The molecule has 0 aliphatic carbocycles. The molecule has 6 heteroatoms. The lowest BCUT2D eigenvalue weighted by Gasteiger charge is -2.02. The third-order valence-electron chi connectivity index (χ3n) is 2.95. The highest BCUT2D eigenvalue weighted by Gasteiger charge is 2.18. The van der Waals surface area contributed by atoms with Gasteiger partial charge < -0.3 is 5.11 Å². The van der Waals surface area contributed by atoms with E-state index in [9.17, 15) is 5.11 Å². The zero-order valence-corrected chi connectivity index (χ0v) is 11.6. The van der Waals surface area contributed by atoms with Gasteiger partial charge in [-0.1, -0.05) is 25.2 Å². The summed E-state index contributed by atoms with van der Waals surface area (Å²) in [4.78, 5) is 9.39. The molecular formula is C13H14N4OS. The minimum Gasteiger partial charge on any atom is -0.390 e. The van der Waals surface area contributed by atoms with Crippen molar-refractivity contribution >= 4 is 16.3 Å². The van der Waals surface area contributed by atoms with Crippen LogP contribution in [0.15, 0.2) is 24.5 Å². The zero-order valence-electron chi connectivity index (χ0n) is 10.7. The van der Waals surface area contributed by atoms with Crippen LogP contribution in [0.2, 0.25) is 0 Å². The maximum absolute atomic E-state index is 9.53. The number of nitrogens with zero attached hydrogens (tertiary/aromatic N) is 4. The van der Waals surface area contributed by atoms with E-state index in [-0.39, 0.29) is 12.5 Å². The SMILES string of the molecule is CC(C)c1nc2sc(-c3ccncc3)nn2c1CO. The number of imidazole rings is 1. The molecule has 3 rings (SSSR count). The lowest BCUT2D eigenvalue weighted by Crippen LogP contribution is -1.99. The van der Waals surface area contributed by atoms with Crippen molar-refractivity contribution in [2.24, 2.45) is 0 Å². The highest BCUT2D eigenvalue weighted by Crippen LogP contribution is 2.29. The Kier molecular flexibility index (Phi) is 3.04. The summed E-state index contributed by atoms with van der Waals surface area (Å²) in [7, 11) is 0. The standard InChI is InChI=1S/C13H14N4OS/c1-8(2)11-10(7-18)17-13(15-11)19-12(16-17)9-3-5-14-6-4-9/h3-6,8,18H,7H2,1-2H3. The van der Waals surface area contributed by atoms with Crippen molar-refractivity contribution in [3.63, 3.8) is 0 Å². The molecule has 3 aromatic rings. The number of aliphatic hydroxyl groups is 1. The molecule has 3 aromatic heterocycles. The van der Waals surface area contributed by atoms with Crippen molar-refractivity contribution in [3.8, 4) is 10.6 Å². The Morgan fingerprint density at radius 3 is 2.68 bits per heavy atom. The van der Waals surface area contributed by atoms with Crippen LogP contribution in [0.4, 0.5) is 0 Å². The molecule has 0 unspecified atom stereocenters. The van der Waals surface area contributed by atoms with Crippen LogP contribution < -0.4 is 0 Å². The molecule has 0 radical (unpaired) electrons. The number of aromatic nitrogens is 4. The largest absolute Gasteiger partial charge is 0.390 e. The van der Waals surface area contributed by atoms with Gasteiger partial charge in [-0.25, -0.2) is 9.50 Å². The quantitative estimate of drug-likeness (QED) is 0.797. The summed E-state index contributed by atoms with van der Waals surface area (Å²) in [6.07, 6.45) is 3.48. The third kappa shape index (κ3) is 2.02. The van der Waals surface area contributed by atoms with Crippen molar-refractivity contribution in [1.82, 2.24) is 19.6 Å². The van der Waals surface area contributed by atoms with Crippen molar-refractivity contribution in [2.45, 2.75) is 26.4 Å². The molecule has 0 bridgehead atoms. The molecule has 0 spiro atoms. The van der Waals surface area contributed by atoms with Crippen LogP contribution >= 0.6 is 11.3 Å². The van der Waals surface area contributed by atoms with Gasteiger partial charge in [-0.3, -0.25) is 4.98 Å². The van der Waals surface area contributed by atoms with Crippen LogP contribution in [-0.2, 0) is 6.61 Å². The topological polar surface area (TPSA) is 63.3 Å². The van der Waals surface area contributed by atoms with Gasteiger partial charge in [0.1, 0.15) is 5.01 Å². The molecule has 0 atom stereocenters. The first-order chi connectivity index (χ1) is 9.20. The van der Waals surface area contributed by atoms with Gasteiger partial charge in [0.2, 0.25) is 4.96 Å². The van der Waals surface area contributed by atoms with E-state index < -0.39 is 0 Å².